The largest absolute Gasteiger partial charge is 0.350 e. The van der Waals surface area contributed by atoms with Gasteiger partial charge in [0.1, 0.15) is 0 Å². The molecule has 2 unspecified atom stereocenters. The van der Waals surface area contributed by atoms with Crippen LogP contribution in [0.4, 0.5) is 0 Å². The summed E-state index contributed by atoms with van der Waals surface area (Å²) in [6, 6.07) is 0.579. The van der Waals surface area contributed by atoms with Crippen molar-refractivity contribution in [2.45, 2.75) is 107 Å². The van der Waals surface area contributed by atoms with Gasteiger partial charge in [-0.05, 0) is 70.9 Å². The third-order valence-electron chi connectivity index (χ3n) is 6.90. The number of hydrogen-bond donors (Lipinski definition) is 1. The minimum absolute atomic E-state index is 0.0365. The first-order chi connectivity index (χ1) is 17.4. The third kappa shape index (κ3) is 14.0. The lowest BCUT2D eigenvalue weighted by Gasteiger charge is -2.36. The van der Waals surface area contributed by atoms with Gasteiger partial charge in [-0.1, -0.05) is 60.5 Å². The normalized spacial score (nSPS) is 21.3. The quantitative estimate of drug-likeness (QED) is 0.361. The van der Waals surface area contributed by atoms with Gasteiger partial charge < -0.3 is 20.0 Å². The molecule has 7 heteroatoms. The Morgan fingerprint density at radius 3 is 1.92 bits per heavy atom. The smallest absolute Gasteiger partial charge is 0.249 e. The van der Waals surface area contributed by atoms with E-state index in [4.69, 9.17) is 0 Å². The fourth-order valence-corrected chi connectivity index (χ4v) is 5.01. The van der Waals surface area contributed by atoms with E-state index in [0.29, 0.717) is 23.8 Å². The third-order valence-corrected chi connectivity index (χ3v) is 6.90. The van der Waals surface area contributed by atoms with Crippen molar-refractivity contribution in [3.05, 3.63) is 11.6 Å². The van der Waals surface area contributed by atoms with Crippen molar-refractivity contribution in [3.63, 3.8) is 0 Å². The van der Waals surface area contributed by atoms with Gasteiger partial charge in [-0.25, -0.2) is 0 Å². The van der Waals surface area contributed by atoms with E-state index >= 15 is 0 Å². The predicted octanol–water partition coefficient (Wildman–Crippen LogP) is 4.96. The fourth-order valence-electron chi connectivity index (χ4n) is 5.01. The molecule has 2 fully saturated rings. The second-order valence-corrected chi connectivity index (χ2v) is 11.6. The van der Waals surface area contributed by atoms with Gasteiger partial charge in [-0.2, -0.15) is 0 Å². The van der Waals surface area contributed by atoms with Gasteiger partial charge in [0.25, 0.3) is 0 Å². The number of rotatable bonds is 8. The van der Waals surface area contributed by atoms with Crippen molar-refractivity contribution < 1.29 is 14.4 Å². The van der Waals surface area contributed by atoms with Crippen molar-refractivity contribution in [1.82, 2.24) is 20.0 Å². The first-order valence-corrected chi connectivity index (χ1v) is 14.5. The molecule has 0 aliphatic carbocycles. The van der Waals surface area contributed by atoms with E-state index in [0.717, 1.165) is 25.6 Å². The van der Waals surface area contributed by atoms with Crippen LogP contribution in [-0.2, 0) is 14.4 Å². The number of nitrogens with one attached hydrogen (secondary N) is 1. The van der Waals surface area contributed by atoms with E-state index in [2.05, 4.69) is 51.8 Å². The Kier molecular flexibility index (Phi) is 18.2. The summed E-state index contributed by atoms with van der Waals surface area (Å²) in [5.74, 6) is 1.06. The maximum absolute atomic E-state index is 12.8. The Morgan fingerprint density at radius 1 is 1.00 bits per heavy atom. The molecule has 2 aliphatic rings. The van der Waals surface area contributed by atoms with Crippen LogP contribution in [0.25, 0.3) is 0 Å². The fraction of sp³-hybridized carbons (Fsp3) is 0.833. The van der Waals surface area contributed by atoms with Crippen LogP contribution in [0.15, 0.2) is 11.6 Å². The molecular formula is C30H58N4O3. The maximum Gasteiger partial charge on any atom is 0.249 e. The van der Waals surface area contributed by atoms with Crippen LogP contribution in [0.3, 0.4) is 0 Å². The zero-order valence-corrected chi connectivity index (χ0v) is 25.7. The Morgan fingerprint density at radius 2 is 1.51 bits per heavy atom. The Bertz CT molecular complexity index is 676. The van der Waals surface area contributed by atoms with Gasteiger partial charge >= 0.3 is 0 Å². The summed E-state index contributed by atoms with van der Waals surface area (Å²) < 4.78 is 0. The van der Waals surface area contributed by atoms with Gasteiger partial charge in [-0.15, -0.1) is 0 Å². The van der Waals surface area contributed by atoms with E-state index in [-0.39, 0.29) is 30.3 Å². The van der Waals surface area contributed by atoms with Crippen LogP contribution in [0.1, 0.15) is 94.4 Å². The highest BCUT2D eigenvalue weighted by atomic mass is 16.2. The van der Waals surface area contributed by atoms with E-state index < -0.39 is 0 Å². The maximum atomic E-state index is 12.8. The molecule has 2 heterocycles. The number of carbonyl (C=O) groups is 3. The summed E-state index contributed by atoms with van der Waals surface area (Å²) in [6.45, 7) is 23.2. The molecule has 216 valence electrons. The number of carbonyl (C=O) groups excluding carboxylic acids is 3. The first kappa shape index (κ1) is 35.1. The molecule has 3 amide bonds. The predicted molar refractivity (Wildman–Crippen MR) is 155 cm³/mol. The van der Waals surface area contributed by atoms with Crippen molar-refractivity contribution in [1.29, 1.82) is 0 Å². The van der Waals surface area contributed by atoms with Gasteiger partial charge in [0, 0.05) is 31.8 Å². The zero-order valence-electron chi connectivity index (χ0n) is 25.7. The lowest BCUT2D eigenvalue weighted by atomic mass is 9.91. The standard InChI is InChI=1S/C19H33N3O3.C8H17N.C3H8/c1-13(2)17(21(6)18(24)9-20-12-23)8-16(5)19(25)22-10-14(3)7-15(4)11-22;1-8(2)9-6-4-3-5-7-9;1-3-2/h8,12-15,17H,7,9-11H2,1-6H3,(H,20,23);8H,3-7H2,1-2H3;3H2,1-2H3/b16-8+;;/t14?,15?,17-;;/m1../s1. The molecule has 0 aromatic carbocycles. The molecule has 0 bridgehead atoms. The van der Waals surface area contributed by atoms with Crippen LogP contribution < -0.4 is 5.32 Å². The molecule has 2 saturated heterocycles. The molecule has 37 heavy (non-hydrogen) atoms. The van der Waals surface area contributed by atoms with E-state index in [1.807, 2.05) is 31.7 Å². The monoisotopic (exact) mass is 522 g/mol. The number of likely N-dealkylation sites (tertiary alicyclic amines) is 2. The highest BCUT2D eigenvalue weighted by molar-refractivity contribution is 5.93. The topological polar surface area (TPSA) is 73.0 Å². The summed E-state index contributed by atoms with van der Waals surface area (Å²) in [4.78, 5) is 41.4. The summed E-state index contributed by atoms with van der Waals surface area (Å²) in [5, 5.41) is 2.39. The average molecular weight is 523 g/mol. The Labute approximate surface area is 228 Å². The van der Waals surface area contributed by atoms with Crippen molar-refractivity contribution in [3.8, 4) is 0 Å². The summed E-state index contributed by atoms with van der Waals surface area (Å²) in [6.07, 6.45) is 9.08. The molecular weight excluding hydrogens is 464 g/mol. The van der Waals surface area contributed by atoms with E-state index in [1.54, 1.807) is 11.9 Å². The molecule has 0 aromatic rings. The number of hydrogen-bond acceptors (Lipinski definition) is 4. The van der Waals surface area contributed by atoms with Gasteiger partial charge in [-0.3, -0.25) is 14.4 Å². The highest BCUT2D eigenvalue weighted by Crippen LogP contribution is 2.23. The number of piperidine rings is 2. The minimum Gasteiger partial charge on any atom is -0.350 e. The highest BCUT2D eigenvalue weighted by Gasteiger charge is 2.27. The van der Waals surface area contributed by atoms with Crippen LogP contribution >= 0.6 is 0 Å². The molecule has 0 radical (unpaired) electrons. The SMILES string of the molecule is C/C(=C\[C@H](C(C)C)N(C)C(=O)CNC=O)C(=O)N1CC(C)CC(C)C1.CC(C)N1CCCCC1.CCC. The average Bonchev–Trinajstić information content (AvgIpc) is 2.85. The molecule has 7 nitrogen and oxygen atoms in total. The van der Waals surface area contributed by atoms with Crippen molar-refractivity contribution in [2.24, 2.45) is 17.8 Å². The van der Waals surface area contributed by atoms with Crippen LogP contribution in [0, 0.1) is 17.8 Å². The molecule has 1 N–H and O–H groups in total. The van der Waals surface area contributed by atoms with Crippen LogP contribution in [0.2, 0.25) is 0 Å². The summed E-state index contributed by atoms with van der Waals surface area (Å²) in [5.41, 5.74) is 0.669. The Balaban J connectivity index is 0.000000887. The van der Waals surface area contributed by atoms with Crippen LogP contribution in [0.5, 0.6) is 0 Å². The molecule has 3 atom stereocenters. The molecule has 0 aromatic heterocycles. The van der Waals surface area contributed by atoms with Crippen molar-refractivity contribution in [2.75, 3.05) is 39.8 Å². The van der Waals surface area contributed by atoms with Gasteiger partial charge in [0.15, 0.2) is 0 Å². The first-order valence-electron chi connectivity index (χ1n) is 14.5. The van der Waals surface area contributed by atoms with E-state index in [1.165, 1.54) is 38.8 Å². The number of likely N-dealkylation sites (N-methyl/N-ethyl adjacent to an activating group) is 1. The Hall–Kier alpha value is -1.89. The number of nitrogens with zero attached hydrogens (tertiary/aromatic N) is 3. The lowest BCUT2D eigenvalue weighted by Crippen LogP contribution is -2.45. The second kappa shape index (κ2) is 19.2. The second-order valence-electron chi connectivity index (χ2n) is 11.6. The molecule has 0 saturated carbocycles. The number of amides is 3. The van der Waals surface area contributed by atoms with Gasteiger partial charge in [0.05, 0.1) is 12.6 Å². The molecule has 2 rings (SSSR count). The molecule has 2 aliphatic heterocycles. The summed E-state index contributed by atoms with van der Waals surface area (Å²) >= 11 is 0. The van der Waals surface area contributed by atoms with Gasteiger partial charge in [0.2, 0.25) is 18.2 Å². The minimum atomic E-state index is -0.190. The van der Waals surface area contributed by atoms with E-state index in [9.17, 15) is 14.4 Å². The van der Waals surface area contributed by atoms with Crippen LogP contribution in [-0.4, -0.2) is 84.8 Å². The zero-order chi connectivity index (χ0) is 28.5. The molecule has 0 spiro atoms. The summed E-state index contributed by atoms with van der Waals surface area (Å²) in [7, 11) is 1.71. The van der Waals surface area contributed by atoms with Crippen molar-refractivity contribution >= 4 is 18.2 Å². The lowest BCUT2D eigenvalue weighted by molar-refractivity contribution is -0.132.